The molecule has 4 atom stereocenters. The molecule has 6 N–H and O–H groups in total. The van der Waals surface area contributed by atoms with Gasteiger partial charge in [-0.05, 0) is 13.8 Å². The maximum Gasteiger partial charge on any atom is 0.352 e. The number of oxime groups is 1. The van der Waals surface area contributed by atoms with Gasteiger partial charge in [-0.15, -0.1) is 23.1 Å². The second kappa shape index (κ2) is 10.6. The first-order valence-electron chi connectivity index (χ1n) is 12.9. The van der Waals surface area contributed by atoms with E-state index in [4.69, 9.17) is 10.6 Å². The van der Waals surface area contributed by atoms with Crippen molar-refractivity contribution in [2.75, 3.05) is 44.2 Å². The summed E-state index contributed by atoms with van der Waals surface area (Å²) in [5.74, 6) is -3.39. The van der Waals surface area contributed by atoms with Gasteiger partial charge in [0.1, 0.15) is 35.4 Å². The molecule has 0 spiro atoms. The van der Waals surface area contributed by atoms with E-state index in [1.165, 1.54) is 35.9 Å². The summed E-state index contributed by atoms with van der Waals surface area (Å²) in [4.78, 5) is 60.8. The lowest BCUT2D eigenvalue weighted by molar-refractivity contribution is -0.936. The average molecular weight is 595 g/mol. The van der Waals surface area contributed by atoms with Gasteiger partial charge in [-0.25, -0.2) is 14.6 Å². The van der Waals surface area contributed by atoms with Crippen LogP contribution in [0.2, 0.25) is 0 Å². The summed E-state index contributed by atoms with van der Waals surface area (Å²) in [5.41, 5.74) is 4.42. The van der Waals surface area contributed by atoms with Crippen LogP contribution >= 0.6 is 23.1 Å². The fourth-order valence-electron chi connectivity index (χ4n) is 5.74. The molecule has 5 rings (SSSR count). The van der Waals surface area contributed by atoms with Gasteiger partial charge in [0.15, 0.2) is 10.8 Å². The number of anilines is 1. The van der Waals surface area contributed by atoms with Crippen LogP contribution in [0.15, 0.2) is 21.8 Å². The van der Waals surface area contributed by atoms with Gasteiger partial charge in [-0.2, -0.15) is 0 Å². The van der Waals surface area contributed by atoms with Crippen LogP contribution in [0.1, 0.15) is 32.4 Å². The number of nitrogens with two attached hydrogens (primary N) is 1. The number of carbonyl (C=O) groups is 4. The van der Waals surface area contributed by atoms with Gasteiger partial charge in [0, 0.05) is 42.6 Å². The fourth-order valence-corrected chi connectivity index (χ4v) is 7.62. The molecule has 0 saturated carbocycles. The number of piperazine rings is 1. The number of aliphatic carboxylic acids is 2. The number of amides is 2. The summed E-state index contributed by atoms with van der Waals surface area (Å²) in [6.07, 6.45) is 2.19. The predicted molar refractivity (Wildman–Crippen MR) is 146 cm³/mol. The number of fused-ring (bicyclic) bond motifs is 2. The molecule has 1 aromatic heterocycles. The number of rotatable bonds is 9. The topological polar surface area (TPSA) is 197 Å². The van der Waals surface area contributed by atoms with Crippen LogP contribution in [0, 0.1) is 0 Å². The summed E-state index contributed by atoms with van der Waals surface area (Å²) in [6.45, 7) is 6.82. The van der Waals surface area contributed by atoms with E-state index in [2.05, 4.69) is 20.8 Å². The molecule has 14 nitrogen and oxygen atoms in total. The Morgan fingerprint density at radius 1 is 1.35 bits per heavy atom. The Morgan fingerprint density at radius 3 is 2.80 bits per heavy atom. The molecule has 3 saturated heterocycles. The van der Waals surface area contributed by atoms with Crippen molar-refractivity contribution in [1.82, 2.24) is 20.5 Å². The first kappa shape index (κ1) is 28.3. The number of hydrogen-bond acceptors (Lipinski definition) is 11. The number of thiazole rings is 1. The van der Waals surface area contributed by atoms with E-state index in [0.29, 0.717) is 18.3 Å². The normalized spacial score (nSPS) is 28.4. The largest absolute Gasteiger partial charge is 0.478 e. The molecular formula is C24H32N7O7S2+. The van der Waals surface area contributed by atoms with Crippen LogP contribution in [0.4, 0.5) is 5.13 Å². The monoisotopic (exact) mass is 594 g/mol. The van der Waals surface area contributed by atoms with Crippen molar-refractivity contribution in [1.29, 1.82) is 0 Å². The maximum atomic E-state index is 13.3. The number of nitrogen functional groups attached to an aromatic ring is 1. The zero-order chi connectivity index (χ0) is 28.8. The van der Waals surface area contributed by atoms with Gasteiger partial charge >= 0.3 is 11.9 Å². The number of hydrogen-bond donors (Lipinski definition) is 5. The molecule has 16 heteroatoms. The number of carbonyl (C=O) groups excluding carboxylic acids is 2. The summed E-state index contributed by atoms with van der Waals surface area (Å²) in [5, 5.41) is 30.3. The summed E-state index contributed by atoms with van der Waals surface area (Å²) in [7, 11) is 0. The van der Waals surface area contributed by atoms with E-state index in [-0.39, 0.29) is 22.2 Å². The second-order valence-electron chi connectivity index (χ2n) is 10.9. The standard InChI is InChI=1S/C24H31N7O7S2/c1-24(2,22(36)37)38-29-15(14-11-40-23(25)27-14)18(32)28-16-19(33)30-17(21(34)35)12(10-39-20(16)30)9-31-6-3-4-13(31)8-26-5-7-31/h11,13,16,20,26H,3-10H2,1-2H3,(H4-,25,27,28,32,34,35,36,37)/p+1/b29-15-/t13-,16+,20+,31?/m0/s1. The first-order valence-corrected chi connectivity index (χ1v) is 14.8. The lowest BCUT2D eigenvalue weighted by Crippen LogP contribution is -2.71. The molecule has 0 aromatic carbocycles. The van der Waals surface area contributed by atoms with Crippen molar-refractivity contribution in [2.45, 2.75) is 49.7 Å². The van der Waals surface area contributed by atoms with Gasteiger partial charge < -0.3 is 35.9 Å². The number of β-lactam (4-membered cyclic amide) rings is 1. The van der Waals surface area contributed by atoms with E-state index in [1.54, 1.807) is 0 Å². The van der Waals surface area contributed by atoms with Crippen molar-refractivity contribution in [3.63, 3.8) is 0 Å². The van der Waals surface area contributed by atoms with Crippen LogP contribution in [-0.2, 0) is 24.0 Å². The third-order valence-corrected chi connectivity index (χ3v) is 9.94. The number of carboxylic acid groups (broad SMARTS) is 2. The molecule has 40 heavy (non-hydrogen) atoms. The van der Waals surface area contributed by atoms with E-state index in [1.807, 2.05) is 0 Å². The van der Waals surface area contributed by atoms with Crippen LogP contribution in [0.25, 0.3) is 0 Å². The van der Waals surface area contributed by atoms with Crippen LogP contribution in [0.5, 0.6) is 0 Å². The Bertz CT molecular complexity index is 1310. The summed E-state index contributed by atoms with van der Waals surface area (Å²) < 4.78 is 0.843. The summed E-state index contributed by atoms with van der Waals surface area (Å²) >= 11 is 2.46. The zero-order valence-electron chi connectivity index (χ0n) is 22.1. The number of quaternary nitrogens is 1. The highest BCUT2D eigenvalue weighted by Crippen LogP contribution is 2.42. The van der Waals surface area contributed by atoms with E-state index in [9.17, 15) is 29.4 Å². The lowest BCUT2D eigenvalue weighted by Gasteiger charge is -2.51. The third kappa shape index (κ3) is 5.04. The second-order valence-corrected chi connectivity index (χ2v) is 12.9. The number of carboxylic acids is 2. The van der Waals surface area contributed by atoms with Crippen LogP contribution in [0.3, 0.4) is 0 Å². The molecule has 0 bridgehead atoms. The van der Waals surface area contributed by atoms with Crippen molar-refractivity contribution in [3.05, 3.63) is 22.3 Å². The molecule has 1 unspecified atom stereocenters. The van der Waals surface area contributed by atoms with Gasteiger partial charge in [0.05, 0.1) is 13.1 Å². The third-order valence-electron chi connectivity index (χ3n) is 7.93. The molecule has 216 valence electrons. The van der Waals surface area contributed by atoms with Gasteiger partial charge in [-0.1, -0.05) is 5.16 Å². The Balaban J connectivity index is 1.35. The minimum atomic E-state index is -1.74. The van der Waals surface area contributed by atoms with E-state index < -0.39 is 40.8 Å². The maximum absolute atomic E-state index is 13.3. The molecule has 4 aliphatic rings. The quantitative estimate of drug-likeness (QED) is 0.108. The van der Waals surface area contributed by atoms with Crippen LogP contribution < -0.4 is 16.4 Å². The predicted octanol–water partition coefficient (Wildman–Crippen LogP) is -0.370. The minimum absolute atomic E-state index is 0.00337. The van der Waals surface area contributed by atoms with Gasteiger partial charge in [0.25, 0.3) is 11.8 Å². The van der Waals surface area contributed by atoms with Crippen molar-refractivity contribution in [2.24, 2.45) is 5.16 Å². The molecule has 1 aromatic rings. The summed E-state index contributed by atoms with van der Waals surface area (Å²) in [6, 6.07) is -0.572. The number of thioether (sulfide) groups is 1. The molecule has 0 aliphatic carbocycles. The van der Waals surface area contributed by atoms with E-state index in [0.717, 1.165) is 60.4 Å². The average Bonchev–Trinajstić information content (AvgIpc) is 3.52. The fraction of sp³-hybridized carbons (Fsp3) is 0.583. The van der Waals surface area contributed by atoms with E-state index >= 15 is 0 Å². The SMILES string of the molecule is CC(C)(O/N=C(\C(=O)N[C@@H]1C(=O)N2C(C(=O)O)=C(C[N+]34CCC[C@H]3CNCC4)CS[C@H]12)c1csc(N)n1)C(=O)O. The lowest BCUT2D eigenvalue weighted by atomic mass is 10.0. The highest BCUT2D eigenvalue weighted by atomic mass is 32.2. The molecule has 0 radical (unpaired) electrons. The Morgan fingerprint density at radius 2 is 2.12 bits per heavy atom. The molecule has 4 aliphatic heterocycles. The first-order chi connectivity index (χ1) is 18.9. The molecule has 2 amide bonds. The van der Waals surface area contributed by atoms with Crippen LogP contribution in [-0.4, -0.2) is 116 Å². The van der Waals surface area contributed by atoms with Crippen molar-refractivity contribution >= 4 is 57.7 Å². The van der Waals surface area contributed by atoms with Gasteiger partial charge in [-0.3, -0.25) is 14.5 Å². The highest BCUT2D eigenvalue weighted by Gasteiger charge is 2.56. The highest BCUT2D eigenvalue weighted by molar-refractivity contribution is 8.00. The van der Waals surface area contributed by atoms with Crippen molar-refractivity contribution in [3.8, 4) is 0 Å². The smallest absolute Gasteiger partial charge is 0.352 e. The number of nitrogens with zero attached hydrogens (tertiary/aromatic N) is 4. The Hall–Kier alpha value is -3.21. The van der Waals surface area contributed by atoms with Crippen molar-refractivity contribution < 1.29 is 38.7 Å². The molecule has 3 fully saturated rings. The zero-order valence-corrected chi connectivity index (χ0v) is 23.7. The Kier molecular flexibility index (Phi) is 7.54. The molecular weight excluding hydrogens is 562 g/mol. The molecule has 5 heterocycles. The number of aromatic nitrogens is 1. The Labute approximate surface area is 238 Å². The number of nitrogens with one attached hydrogen (secondary N) is 2. The van der Waals surface area contributed by atoms with Gasteiger partial charge in [0.2, 0.25) is 5.60 Å². The minimum Gasteiger partial charge on any atom is -0.478 e.